The highest BCUT2D eigenvalue weighted by Crippen LogP contribution is 2.32. The molecule has 0 spiro atoms. The van der Waals surface area contributed by atoms with Crippen LogP contribution in [-0.2, 0) is 4.79 Å². The Morgan fingerprint density at radius 1 is 1.43 bits per heavy atom. The first-order valence-corrected chi connectivity index (χ1v) is 6.61. The molecular formula is C10H18N2OS. The molecule has 0 aromatic carbocycles. The van der Waals surface area contributed by atoms with Crippen molar-refractivity contribution in [2.45, 2.75) is 43.0 Å². The van der Waals surface area contributed by atoms with E-state index in [0.717, 1.165) is 6.54 Å². The van der Waals surface area contributed by atoms with Crippen LogP contribution in [0.4, 0.5) is 0 Å². The van der Waals surface area contributed by atoms with Crippen molar-refractivity contribution in [2.24, 2.45) is 5.73 Å². The standard InChI is InChI=1S/C10H18N2OS/c1-14-9-5-3-2-4-8(9)12-6-7(11)10(12)13/h7-9H,2-6,11H2,1H3. The quantitative estimate of drug-likeness (QED) is 0.693. The summed E-state index contributed by atoms with van der Waals surface area (Å²) in [4.78, 5) is 13.5. The minimum atomic E-state index is -0.209. The zero-order valence-electron chi connectivity index (χ0n) is 8.61. The second-order valence-corrected chi connectivity index (χ2v) is 5.30. The Morgan fingerprint density at radius 2 is 2.14 bits per heavy atom. The van der Waals surface area contributed by atoms with Gasteiger partial charge in [-0.25, -0.2) is 0 Å². The molecule has 4 heteroatoms. The Labute approximate surface area is 89.4 Å². The number of hydrogen-bond donors (Lipinski definition) is 1. The molecular weight excluding hydrogens is 196 g/mol. The summed E-state index contributed by atoms with van der Waals surface area (Å²) in [6, 6.07) is 0.255. The molecule has 0 aromatic rings. The number of nitrogens with zero attached hydrogens (tertiary/aromatic N) is 1. The molecule has 14 heavy (non-hydrogen) atoms. The van der Waals surface area contributed by atoms with Crippen LogP contribution in [0.3, 0.4) is 0 Å². The summed E-state index contributed by atoms with van der Waals surface area (Å²) in [7, 11) is 0. The van der Waals surface area contributed by atoms with E-state index in [-0.39, 0.29) is 11.9 Å². The zero-order valence-corrected chi connectivity index (χ0v) is 9.43. The van der Waals surface area contributed by atoms with Crippen molar-refractivity contribution in [3.05, 3.63) is 0 Å². The lowest BCUT2D eigenvalue weighted by Crippen LogP contribution is -2.66. The summed E-state index contributed by atoms with van der Waals surface area (Å²) in [5.74, 6) is 0.163. The van der Waals surface area contributed by atoms with Gasteiger partial charge in [0.25, 0.3) is 0 Å². The van der Waals surface area contributed by atoms with E-state index in [1.807, 2.05) is 16.7 Å². The van der Waals surface area contributed by atoms with Gasteiger partial charge in [-0.05, 0) is 19.1 Å². The van der Waals surface area contributed by atoms with Gasteiger partial charge in [-0.3, -0.25) is 4.79 Å². The third-order valence-corrected chi connectivity index (χ3v) is 4.52. The van der Waals surface area contributed by atoms with Crippen molar-refractivity contribution in [3.63, 3.8) is 0 Å². The predicted molar refractivity (Wildman–Crippen MR) is 59.2 cm³/mol. The smallest absolute Gasteiger partial charge is 0.241 e. The van der Waals surface area contributed by atoms with Crippen LogP contribution >= 0.6 is 11.8 Å². The summed E-state index contributed by atoms with van der Waals surface area (Å²) < 4.78 is 0. The van der Waals surface area contributed by atoms with Crippen LogP contribution < -0.4 is 5.73 Å². The first kappa shape index (κ1) is 10.3. The Kier molecular flexibility index (Phi) is 3.02. The van der Waals surface area contributed by atoms with Crippen LogP contribution in [0.15, 0.2) is 0 Å². The van der Waals surface area contributed by atoms with Crippen molar-refractivity contribution in [2.75, 3.05) is 12.8 Å². The highest BCUT2D eigenvalue weighted by atomic mass is 32.2. The van der Waals surface area contributed by atoms with Gasteiger partial charge in [0.05, 0.1) is 0 Å². The van der Waals surface area contributed by atoms with Gasteiger partial charge < -0.3 is 10.6 Å². The second-order valence-electron chi connectivity index (χ2n) is 4.22. The van der Waals surface area contributed by atoms with Gasteiger partial charge in [0.1, 0.15) is 6.04 Å². The van der Waals surface area contributed by atoms with Crippen LogP contribution in [-0.4, -0.2) is 40.9 Å². The van der Waals surface area contributed by atoms with E-state index in [1.165, 1.54) is 25.7 Å². The van der Waals surface area contributed by atoms with Gasteiger partial charge in [-0.2, -0.15) is 11.8 Å². The third kappa shape index (κ3) is 1.65. The number of carbonyl (C=O) groups excluding carboxylic acids is 1. The summed E-state index contributed by atoms with van der Waals surface area (Å²) in [6.45, 7) is 0.778. The molecule has 3 unspecified atom stereocenters. The van der Waals surface area contributed by atoms with E-state index >= 15 is 0 Å². The number of β-lactam (4-membered cyclic amide) rings is 1. The van der Waals surface area contributed by atoms with Crippen LogP contribution in [0.1, 0.15) is 25.7 Å². The minimum absolute atomic E-state index is 0.163. The highest BCUT2D eigenvalue weighted by molar-refractivity contribution is 7.99. The largest absolute Gasteiger partial charge is 0.335 e. The molecule has 2 aliphatic rings. The predicted octanol–water partition coefficient (Wildman–Crippen LogP) is 0.830. The fraction of sp³-hybridized carbons (Fsp3) is 0.900. The Morgan fingerprint density at radius 3 is 2.71 bits per heavy atom. The number of hydrogen-bond acceptors (Lipinski definition) is 3. The number of carbonyl (C=O) groups is 1. The van der Waals surface area contributed by atoms with Crippen molar-refractivity contribution in [1.29, 1.82) is 0 Å². The Balaban J connectivity index is 1.98. The van der Waals surface area contributed by atoms with E-state index in [2.05, 4.69) is 6.26 Å². The summed E-state index contributed by atoms with van der Waals surface area (Å²) >= 11 is 1.90. The van der Waals surface area contributed by atoms with Crippen molar-refractivity contribution in [1.82, 2.24) is 4.90 Å². The molecule has 1 saturated carbocycles. The Hall–Kier alpha value is -0.220. The maximum absolute atomic E-state index is 11.5. The molecule has 2 N–H and O–H groups in total. The molecule has 0 bridgehead atoms. The first-order chi connectivity index (χ1) is 6.74. The van der Waals surface area contributed by atoms with Gasteiger partial charge >= 0.3 is 0 Å². The zero-order chi connectivity index (χ0) is 10.1. The van der Waals surface area contributed by atoms with Crippen LogP contribution in [0.25, 0.3) is 0 Å². The third-order valence-electron chi connectivity index (χ3n) is 3.36. The molecule has 0 radical (unpaired) electrons. The molecule has 1 amide bonds. The molecule has 1 aliphatic carbocycles. The van der Waals surface area contributed by atoms with Crippen molar-refractivity contribution in [3.8, 4) is 0 Å². The normalized spacial score (nSPS) is 38.3. The lowest BCUT2D eigenvalue weighted by molar-refractivity contribution is -0.146. The molecule has 1 saturated heterocycles. The number of amides is 1. The lowest BCUT2D eigenvalue weighted by Gasteiger charge is -2.46. The number of likely N-dealkylation sites (tertiary alicyclic amines) is 1. The average Bonchev–Trinajstić information content (AvgIpc) is 2.25. The van der Waals surface area contributed by atoms with Crippen molar-refractivity contribution < 1.29 is 4.79 Å². The Bertz CT molecular complexity index is 234. The van der Waals surface area contributed by atoms with Crippen LogP contribution in [0.2, 0.25) is 0 Å². The lowest BCUT2D eigenvalue weighted by atomic mass is 9.90. The van der Waals surface area contributed by atoms with Gasteiger partial charge in [0.15, 0.2) is 0 Å². The molecule has 1 aliphatic heterocycles. The molecule has 2 fully saturated rings. The van der Waals surface area contributed by atoms with Crippen molar-refractivity contribution >= 4 is 17.7 Å². The average molecular weight is 214 g/mol. The minimum Gasteiger partial charge on any atom is -0.335 e. The van der Waals surface area contributed by atoms with E-state index in [9.17, 15) is 4.79 Å². The van der Waals surface area contributed by atoms with E-state index in [1.54, 1.807) is 0 Å². The second kappa shape index (κ2) is 4.11. The summed E-state index contributed by atoms with van der Waals surface area (Å²) in [5, 5.41) is 0.639. The highest BCUT2D eigenvalue weighted by Gasteiger charge is 2.41. The van der Waals surface area contributed by atoms with Gasteiger partial charge in [-0.15, -0.1) is 0 Å². The molecule has 3 nitrogen and oxygen atoms in total. The van der Waals surface area contributed by atoms with Gasteiger partial charge in [0.2, 0.25) is 5.91 Å². The fourth-order valence-electron chi connectivity index (χ4n) is 2.49. The summed E-state index contributed by atoms with van der Waals surface area (Å²) in [5.41, 5.74) is 5.61. The van der Waals surface area contributed by atoms with E-state index in [0.29, 0.717) is 11.3 Å². The fourth-order valence-corrected chi connectivity index (χ4v) is 3.49. The molecule has 80 valence electrons. The maximum Gasteiger partial charge on any atom is 0.241 e. The first-order valence-electron chi connectivity index (χ1n) is 5.33. The summed E-state index contributed by atoms with van der Waals surface area (Å²) in [6.07, 6.45) is 7.15. The van der Waals surface area contributed by atoms with Gasteiger partial charge in [-0.1, -0.05) is 12.8 Å². The monoisotopic (exact) mass is 214 g/mol. The molecule has 1 heterocycles. The number of nitrogens with two attached hydrogens (primary N) is 1. The number of rotatable bonds is 2. The molecule has 2 rings (SSSR count). The molecule has 3 atom stereocenters. The maximum atomic E-state index is 11.5. The van der Waals surface area contributed by atoms with Gasteiger partial charge in [0, 0.05) is 17.8 Å². The van der Waals surface area contributed by atoms with Crippen LogP contribution in [0.5, 0.6) is 0 Å². The van der Waals surface area contributed by atoms with Crippen LogP contribution in [0, 0.1) is 0 Å². The SMILES string of the molecule is CSC1CCCCC1N1CC(N)C1=O. The number of thioether (sulfide) groups is 1. The topological polar surface area (TPSA) is 46.3 Å². The van der Waals surface area contributed by atoms with E-state index < -0.39 is 0 Å². The molecule has 0 aromatic heterocycles. The van der Waals surface area contributed by atoms with E-state index in [4.69, 9.17) is 5.73 Å².